The highest BCUT2D eigenvalue weighted by Gasteiger charge is 2.27. The number of fused-ring (bicyclic) bond motifs is 1. The molecule has 0 amide bonds. The van der Waals surface area contributed by atoms with Crippen LogP contribution in [0.5, 0.6) is 0 Å². The first kappa shape index (κ1) is 24.5. The van der Waals surface area contributed by atoms with Gasteiger partial charge in [-0.2, -0.15) is 13.2 Å². The van der Waals surface area contributed by atoms with Crippen molar-refractivity contribution in [3.8, 4) is 0 Å². The molecule has 0 fully saturated rings. The van der Waals surface area contributed by atoms with Crippen LogP contribution in [0.25, 0.3) is 0 Å². The van der Waals surface area contributed by atoms with Crippen molar-refractivity contribution in [2.75, 3.05) is 11.3 Å². The average Bonchev–Trinajstić information content (AvgIpc) is 2.65. The standard InChI is InChI=1S/C21H25F3N2O2S.ClH/c1-2-11-25-18-7-5-17-13-19(8-6-16(17)12-18)26-29(27,28)20-9-3-15(4-10-20)14-21(22,23)24;/h3-4,6,8-10,13,18,25-26H,2,5,7,11-12,14H2,1H3;1H/t18-;/m0./s1. The summed E-state index contributed by atoms with van der Waals surface area (Å²) in [4.78, 5) is -0.0648. The predicted molar refractivity (Wildman–Crippen MR) is 115 cm³/mol. The van der Waals surface area contributed by atoms with Gasteiger partial charge in [-0.3, -0.25) is 4.72 Å². The van der Waals surface area contributed by atoms with Gasteiger partial charge in [-0.25, -0.2) is 8.42 Å². The summed E-state index contributed by atoms with van der Waals surface area (Å²) in [6.07, 6.45) is -1.53. The first-order valence-corrected chi connectivity index (χ1v) is 11.2. The molecule has 0 unspecified atom stereocenters. The maximum Gasteiger partial charge on any atom is 0.393 e. The molecule has 0 radical (unpaired) electrons. The van der Waals surface area contributed by atoms with Crippen molar-refractivity contribution in [1.29, 1.82) is 0 Å². The molecule has 0 saturated heterocycles. The first-order chi connectivity index (χ1) is 13.7. The maximum absolute atomic E-state index is 12.6. The van der Waals surface area contributed by atoms with Gasteiger partial charge in [-0.1, -0.05) is 25.1 Å². The molecule has 0 saturated carbocycles. The Morgan fingerprint density at radius 2 is 1.77 bits per heavy atom. The molecule has 2 N–H and O–H groups in total. The molecule has 1 atom stereocenters. The molecule has 0 bridgehead atoms. The minimum absolute atomic E-state index is 0. The quantitative estimate of drug-likeness (QED) is 0.617. The second kappa shape index (κ2) is 10.0. The molecule has 4 nitrogen and oxygen atoms in total. The topological polar surface area (TPSA) is 58.2 Å². The van der Waals surface area contributed by atoms with Gasteiger partial charge in [0, 0.05) is 11.7 Å². The average molecular weight is 463 g/mol. The van der Waals surface area contributed by atoms with Crippen LogP contribution in [0.1, 0.15) is 36.5 Å². The highest BCUT2D eigenvalue weighted by atomic mass is 35.5. The maximum atomic E-state index is 12.6. The van der Waals surface area contributed by atoms with Gasteiger partial charge in [0.1, 0.15) is 0 Å². The largest absolute Gasteiger partial charge is 0.393 e. The van der Waals surface area contributed by atoms with E-state index in [4.69, 9.17) is 0 Å². The molecular weight excluding hydrogens is 437 g/mol. The second-order valence-corrected chi connectivity index (χ2v) is 9.10. The minimum Gasteiger partial charge on any atom is -0.314 e. The normalized spacial score (nSPS) is 16.5. The zero-order valence-corrected chi connectivity index (χ0v) is 18.3. The molecule has 3 rings (SSSR count). The van der Waals surface area contributed by atoms with E-state index in [2.05, 4.69) is 17.0 Å². The predicted octanol–water partition coefficient (Wildman–Crippen LogP) is 4.87. The lowest BCUT2D eigenvalue weighted by Crippen LogP contribution is -2.35. The van der Waals surface area contributed by atoms with Crippen LogP contribution in [-0.2, 0) is 29.3 Å². The van der Waals surface area contributed by atoms with Gasteiger partial charge in [-0.15, -0.1) is 12.4 Å². The van der Waals surface area contributed by atoms with E-state index < -0.39 is 22.6 Å². The number of nitrogens with one attached hydrogen (secondary N) is 2. The summed E-state index contributed by atoms with van der Waals surface area (Å²) in [5.74, 6) is 0. The van der Waals surface area contributed by atoms with Crippen molar-refractivity contribution in [1.82, 2.24) is 5.32 Å². The van der Waals surface area contributed by atoms with Gasteiger partial charge >= 0.3 is 6.18 Å². The van der Waals surface area contributed by atoms with Gasteiger partial charge in [-0.05, 0) is 73.2 Å². The van der Waals surface area contributed by atoms with Crippen LogP contribution in [0, 0.1) is 0 Å². The SMILES string of the molecule is CCCN[C@H]1CCc2cc(NS(=O)(=O)c3ccc(CC(F)(F)F)cc3)ccc2C1.Cl. The molecule has 0 aliphatic heterocycles. The third-order valence-corrected chi connectivity index (χ3v) is 6.41. The van der Waals surface area contributed by atoms with E-state index in [-0.39, 0.29) is 22.9 Å². The number of aryl methyl sites for hydroxylation is 1. The van der Waals surface area contributed by atoms with Crippen molar-refractivity contribution in [2.24, 2.45) is 0 Å². The third-order valence-electron chi connectivity index (χ3n) is 5.01. The summed E-state index contributed by atoms with van der Waals surface area (Å²) in [5, 5.41) is 3.52. The Kier molecular flexibility index (Phi) is 8.19. The minimum atomic E-state index is -4.33. The summed E-state index contributed by atoms with van der Waals surface area (Å²) in [5.41, 5.74) is 2.82. The van der Waals surface area contributed by atoms with Gasteiger partial charge in [0.05, 0.1) is 11.3 Å². The second-order valence-electron chi connectivity index (χ2n) is 7.42. The molecule has 0 aromatic heterocycles. The number of hydrogen-bond acceptors (Lipinski definition) is 3. The lowest BCUT2D eigenvalue weighted by molar-refractivity contribution is -0.127. The van der Waals surface area contributed by atoms with E-state index in [1.165, 1.54) is 29.8 Å². The molecule has 30 heavy (non-hydrogen) atoms. The summed E-state index contributed by atoms with van der Waals surface area (Å²) in [6.45, 7) is 3.12. The fourth-order valence-corrected chi connectivity index (χ4v) is 4.62. The monoisotopic (exact) mass is 462 g/mol. The highest BCUT2D eigenvalue weighted by molar-refractivity contribution is 7.92. The Labute approximate surface area is 181 Å². The number of benzene rings is 2. The molecular formula is C21H26ClF3N2O2S. The van der Waals surface area contributed by atoms with E-state index in [1.807, 2.05) is 12.1 Å². The van der Waals surface area contributed by atoms with Crippen molar-refractivity contribution in [2.45, 2.75) is 56.1 Å². The van der Waals surface area contributed by atoms with E-state index in [0.717, 1.165) is 37.8 Å². The lowest BCUT2D eigenvalue weighted by Gasteiger charge is -2.26. The Morgan fingerprint density at radius 3 is 2.40 bits per heavy atom. The van der Waals surface area contributed by atoms with E-state index in [1.54, 1.807) is 6.07 Å². The van der Waals surface area contributed by atoms with Crippen LogP contribution < -0.4 is 10.0 Å². The summed E-state index contributed by atoms with van der Waals surface area (Å²) in [6, 6.07) is 10.8. The van der Waals surface area contributed by atoms with Crippen LogP contribution in [0.4, 0.5) is 18.9 Å². The zero-order chi connectivity index (χ0) is 21.1. The molecule has 0 spiro atoms. The van der Waals surface area contributed by atoms with Crippen LogP contribution in [-0.4, -0.2) is 27.2 Å². The van der Waals surface area contributed by atoms with Crippen LogP contribution in [0.3, 0.4) is 0 Å². The van der Waals surface area contributed by atoms with E-state index in [9.17, 15) is 21.6 Å². The molecule has 0 heterocycles. The molecule has 1 aliphatic carbocycles. The van der Waals surface area contributed by atoms with Crippen molar-refractivity contribution in [3.05, 3.63) is 59.2 Å². The number of anilines is 1. The summed E-state index contributed by atoms with van der Waals surface area (Å²) in [7, 11) is -3.87. The van der Waals surface area contributed by atoms with Crippen LogP contribution in [0.15, 0.2) is 47.4 Å². The number of rotatable bonds is 7. The van der Waals surface area contributed by atoms with Gasteiger partial charge in [0.25, 0.3) is 10.0 Å². The Bertz CT molecular complexity index is 948. The zero-order valence-electron chi connectivity index (χ0n) is 16.6. The number of hydrogen-bond donors (Lipinski definition) is 2. The molecule has 2 aromatic rings. The fraction of sp³-hybridized carbons (Fsp3) is 0.429. The van der Waals surface area contributed by atoms with Crippen molar-refractivity contribution in [3.63, 3.8) is 0 Å². The van der Waals surface area contributed by atoms with Gasteiger partial charge in [0.15, 0.2) is 0 Å². The van der Waals surface area contributed by atoms with E-state index >= 15 is 0 Å². The Morgan fingerprint density at radius 1 is 1.07 bits per heavy atom. The van der Waals surface area contributed by atoms with Crippen LogP contribution >= 0.6 is 12.4 Å². The third kappa shape index (κ3) is 6.62. The van der Waals surface area contributed by atoms with Crippen molar-refractivity contribution < 1.29 is 21.6 Å². The first-order valence-electron chi connectivity index (χ1n) is 9.70. The number of alkyl halides is 3. The van der Waals surface area contributed by atoms with E-state index in [0.29, 0.717) is 11.7 Å². The summed E-state index contributed by atoms with van der Waals surface area (Å²) >= 11 is 0. The molecule has 166 valence electrons. The Hall–Kier alpha value is -1.77. The Balaban J connectivity index is 0.00000320. The van der Waals surface area contributed by atoms with Gasteiger partial charge < -0.3 is 5.32 Å². The number of halogens is 4. The fourth-order valence-electron chi connectivity index (χ4n) is 3.57. The highest BCUT2D eigenvalue weighted by Crippen LogP contribution is 2.27. The molecule has 9 heteroatoms. The van der Waals surface area contributed by atoms with Gasteiger partial charge in [0.2, 0.25) is 0 Å². The van der Waals surface area contributed by atoms with Crippen molar-refractivity contribution >= 4 is 28.1 Å². The smallest absolute Gasteiger partial charge is 0.314 e. The molecule has 1 aliphatic rings. The number of sulfonamides is 1. The summed E-state index contributed by atoms with van der Waals surface area (Å²) < 4.78 is 65.1. The lowest BCUT2D eigenvalue weighted by atomic mass is 9.88. The van der Waals surface area contributed by atoms with Crippen LogP contribution in [0.2, 0.25) is 0 Å². The molecule has 2 aromatic carbocycles.